The first-order valence-electron chi connectivity index (χ1n) is 4.89. The zero-order valence-electron chi connectivity index (χ0n) is 8.66. The van der Waals surface area contributed by atoms with E-state index in [1.54, 1.807) is 4.57 Å². The predicted octanol–water partition coefficient (Wildman–Crippen LogP) is 2.79. The molecule has 0 amide bonds. The van der Waals surface area contributed by atoms with Gasteiger partial charge in [-0.15, -0.1) is 0 Å². The van der Waals surface area contributed by atoms with E-state index in [1.165, 1.54) is 0 Å². The van der Waals surface area contributed by atoms with Crippen LogP contribution in [0.5, 0.6) is 0 Å². The SMILES string of the molecule is CC(C)CCn1cccc(CBr)c1=O. The lowest BCUT2D eigenvalue weighted by Crippen LogP contribution is -2.22. The third kappa shape index (κ3) is 2.98. The molecule has 2 nitrogen and oxygen atoms in total. The number of pyridine rings is 1. The monoisotopic (exact) mass is 257 g/mol. The van der Waals surface area contributed by atoms with E-state index in [4.69, 9.17) is 0 Å². The molecule has 1 heterocycles. The molecule has 1 rings (SSSR count). The Bertz CT molecular complexity index is 343. The summed E-state index contributed by atoms with van der Waals surface area (Å²) in [4.78, 5) is 11.7. The van der Waals surface area contributed by atoms with Crippen molar-refractivity contribution in [1.29, 1.82) is 0 Å². The lowest BCUT2D eigenvalue weighted by atomic mass is 10.1. The highest BCUT2D eigenvalue weighted by atomic mass is 79.9. The van der Waals surface area contributed by atoms with Gasteiger partial charge in [0.15, 0.2) is 0 Å². The first kappa shape index (κ1) is 11.5. The highest BCUT2D eigenvalue weighted by molar-refractivity contribution is 9.08. The molecule has 0 aliphatic carbocycles. The maximum absolute atomic E-state index is 11.7. The van der Waals surface area contributed by atoms with Crippen molar-refractivity contribution >= 4 is 15.9 Å². The molecule has 0 atom stereocenters. The van der Waals surface area contributed by atoms with Crippen LogP contribution in [0, 0.1) is 5.92 Å². The van der Waals surface area contributed by atoms with Crippen LogP contribution in [-0.4, -0.2) is 4.57 Å². The molecule has 0 aliphatic rings. The van der Waals surface area contributed by atoms with Gasteiger partial charge >= 0.3 is 0 Å². The molecule has 0 spiro atoms. The lowest BCUT2D eigenvalue weighted by Gasteiger charge is -2.08. The summed E-state index contributed by atoms with van der Waals surface area (Å²) in [6.07, 6.45) is 2.91. The van der Waals surface area contributed by atoms with Crippen LogP contribution in [0.2, 0.25) is 0 Å². The van der Waals surface area contributed by atoms with E-state index in [2.05, 4.69) is 29.8 Å². The third-order valence-electron chi connectivity index (χ3n) is 2.19. The van der Waals surface area contributed by atoms with Crippen molar-refractivity contribution in [1.82, 2.24) is 4.57 Å². The van der Waals surface area contributed by atoms with Crippen molar-refractivity contribution in [2.75, 3.05) is 0 Å². The van der Waals surface area contributed by atoms with Crippen molar-refractivity contribution in [3.05, 3.63) is 34.2 Å². The van der Waals surface area contributed by atoms with E-state index in [1.807, 2.05) is 18.3 Å². The molecule has 0 aromatic carbocycles. The highest BCUT2D eigenvalue weighted by Crippen LogP contribution is 2.03. The van der Waals surface area contributed by atoms with Crippen molar-refractivity contribution in [3.8, 4) is 0 Å². The summed E-state index contributed by atoms with van der Waals surface area (Å²) in [6, 6.07) is 3.79. The van der Waals surface area contributed by atoms with E-state index < -0.39 is 0 Å². The summed E-state index contributed by atoms with van der Waals surface area (Å²) in [7, 11) is 0. The van der Waals surface area contributed by atoms with E-state index in [-0.39, 0.29) is 5.56 Å². The van der Waals surface area contributed by atoms with Crippen LogP contribution in [-0.2, 0) is 11.9 Å². The first-order chi connectivity index (χ1) is 6.65. The van der Waals surface area contributed by atoms with Crippen LogP contribution < -0.4 is 5.56 Å². The standard InChI is InChI=1S/C11H16BrNO/c1-9(2)5-7-13-6-3-4-10(8-12)11(13)14/h3-4,6,9H,5,7-8H2,1-2H3. The van der Waals surface area contributed by atoms with Crippen LogP contribution in [0.3, 0.4) is 0 Å². The molecule has 1 aromatic rings. The molecule has 0 unspecified atom stereocenters. The largest absolute Gasteiger partial charge is 0.315 e. The van der Waals surface area contributed by atoms with E-state index in [9.17, 15) is 4.79 Å². The molecule has 0 fully saturated rings. The molecule has 0 saturated heterocycles. The Morgan fingerprint density at radius 2 is 2.21 bits per heavy atom. The van der Waals surface area contributed by atoms with Gasteiger partial charge in [0, 0.05) is 23.6 Å². The number of halogens is 1. The second-order valence-electron chi connectivity index (χ2n) is 3.85. The number of nitrogens with zero attached hydrogens (tertiary/aromatic N) is 1. The summed E-state index contributed by atoms with van der Waals surface area (Å²) < 4.78 is 1.79. The number of hydrogen-bond acceptors (Lipinski definition) is 1. The van der Waals surface area contributed by atoms with Crippen LogP contribution in [0.4, 0.5) is 0 Å². The Kier molecular flexibility index (Phi) is 4.39. The van der Waals surface area contributed by atoms with Gasteiger partial charge in [-0.1, -0.05) is 35.8 Å². The number of hydrogen-bond donors (Lipinski definition) is 0. The molecular weight excluding hydrogens is 242 g/mol. The number of aromatic nitrogens is 1. The van der Waals surface area contributed by atoms with E-state index in [0.717, 1.165) is 18.5 Å². The number of alkyl halides is 1. The van der Waals surface area contributed by atoms with Gasteiger partial charge < -0.3 is 4.57 Å². The lowest BCUT2D eigenvalue weighted by molar-refractivity contribution is 0.507. The third-order valence-corrected chi connectivity index (χ3v) is 2.79. The minimum absolute atomic E-state index is 0.130. The fraction of sp³-hybridized carbons (Fsp3) is 0.545. The molecular formula is C11H16BrNO. The summed E-state index contributed by atoms with van der Waals surface area (Å²) >= 11 is 3.31. The Balaban J connectivity index is 2.82. The fourth-order valence-corrected chi connectivity index (χ4v) is 1.69. The number of rotatable bonds is 4. The van der Waals surface area contributed by atoms with Gasteiger partial charge in [-0.3, -0.25) is 4.79 Å². The average Bonchev–Trinajstić information content (AvgIpc) is 2.16. The van der Waals surface area contributed by atoms with E-state index in [0.29, 0.717) is 11.2 Å². The zero-order valence-corrected chi connectivity index (χ0v) is 10.3. The van der Waals surface area contributed by atoms with Gasteiger partial charge in [0.25, 0.3) is 5.56 Å². The summed E-state index contributed by atoms with van der Waals surface area (Å²) in [5, 5.41) is 0.633. The molecule has 0 N–H and O–H groups in total. The average molecular weight is 258 g/mol. The Morgan fingerprint density at radius 3 is 2.79 bits per heavy atom. The van der Waals surface area contributed by atoms with Crippen LogP contribution in [0.15, 0.2) is 23.1 Å². The Morgan fingerprint density at radius 1 is 1.50 bits per heavy atom. The smallest absolute Gasteiger partial charge is 0.254 e. The van der Waals surface area contributed by atoms with Crippen molar-refractivity contribution in [3.63, 3.8) is 0 Å². The topological polar surface area (TPSA) is 22.0 Å². The maximum atomic E-state index is 11.7. The van der Waals surface area contributed by atoms with Crippen molar-refractivity contribution in [2.24, 2.45) is 5.92 Å². The molecule has 0 aliphatic heterocycles. The maximum Gasteiger partial charge on any atom is 0.254 e. The fourth-order valence-electron chi connectivity index (χ4n) is 1.26. The highest BCUT2D eigenvalue weighted by Gasteiger charge is 2.02. The molecule has 78 valence electrons. The van der Waals surface area contributed by atoms with Crippen LogP contribution in [0.25, 0.3) is 0 Å². The zero-order chi connectivity index (χ0) is 10.6. The van der Waals surface area contributed by atoms with Crippen molar-refractivity contribution < 1.29 is 0 Å². The van der Waals surface area contributed by atoms with Crippen LogP contribution >= 0.6 is 15.9 Å². The molecule has 0 saturated carbocycles. The molecule has 1 aromatic heterocycles. The Hall–Kier alpha value is -0.570. The Labute approximate surface area is 93.1 Å². The van der Waals surface area contributed by atoms with E-state index >= 15 is 0 Å². The summed E-state index contributed by atoms with van der Waals surface area (Å²) in [5.74, 6) is 0.634. The summed E-state index contributed by atoms with van der Waals surface area (Å²) in [5.41, 5.74) is 0.960. The van der Waals surface area contributed by atoms with Crippen molar-refractivity contribution in [2.45, 2.75) is 32.1 Å². The minimum atomic E-state index is 0.130. The normalized spacial score (nSPS) is 10.9. The molecule has 0 bridgehead atoms. The quantitative estimate of drug-likeness (QED) is 0.761. The van der Waals surface area contributed by atoms with Gasteiger partial charge in [-0.25, -0.2) is 0 Å². The minimum Gasteiger partial charge on any atom is -0.315 e. The second-order valence-corrected chi connectivity index (χ2v) is 4.41. The van der Waals surface area contributed by atoms with Gasteiger partial charge in [-0.05, 0) is 18.4 Å². The molecule has 14 heavy (non-hydrogen) atoms. The first-order valence-corrected chi connectivity index (χ1v) is 6.01. The van der Waals surface area contributed by atoms with Gasteiger partial charge in [-0.2, -0.15) is 0 Å². The van der Waals surface area contributed by atoms with Gasteiger partial charge in [0.1, 0.15) is 0 Å². The van der Waals surface area contributed by atoms with Gasteiger partial charge in [0.05, 0.1) is 0 Å². The molecule has 3 heteroatoms. The second kappa shape index (κ2) is 5.35. The predicted molar refractivity (Wildman–Crippen MR) is 62.8 cm³/mol. The summed E-state index contributed by atoms with van der Waals surface area (Å²) in [6.45, 7) is 5.15. The molecule has 0 radical (unpaired) electrons. The number of aryl methyl sites for hydroxylation is 1. The van der Waals surface area contributed by atoms with Gasteiger partial charge in [0.2, 0.25) is 0 Å². The van der Waals surface area contributed by atoms with Crippen LogP contribution in [0.1, 0.15) is 25.8 Å².